The number of nitrogens with zero attached hydrogens (tertiary/aromatic N) is 2. The van der Waals surface area contributed by atoms with Gasteiger partial charge in [0.25, 0.3) is 5.91 Å². The highest BCUT2D eigenvalue weighted by Crippen LogP contribution is 2.23. The number of amides is 3. The number of hydrogen-bond acceptors (Lipinski definition) is 6. The second kappa shape index (κ2) is 7.65. The number of carbonyl (C=O) groups is 4. The molecule has 0 bridgehead atoms. The van der Waals surface area contributed by atoms with E-state index < -0.39 is 12.1 Å². The maximum Gasteiger partial charge on any atom is 0.338 e. The topological polar surface area (TPSA) is 93.2 Å². The molecule has 0 N–H and O–H groups in total. The normalized spacial score (nSPS) is 18.8. The molecule has 0 aliphatic carbocycles. The van der Waals surface area contributed by atoms with Crippen LogP contribution in [-0.2, 0) is 23.9 Å². The minimum absolute atomic E-state index is 0.198. The zero-order valence-electron chi connectivity index (χ0n) is 14.5. The Bertz CT molecular complexity index is 708. The van der Waals surface area contributed by atoms with E-state index in [9.17, 15) is 19.2 Å². The van der Waals surface area contributed by atoms with Gasteiger partial charge in [-0.15, -0.1) is 0 Å². The first kappa shape index (κ1) is 18.1. The standard InChI is InChI=1S/C18H20N2O6/c1-12(17(23)19-8-10-25-11-9-19)26-18(24)13-2-4-14(5-3-13)20-15(21)6-7-16(20)22/h2-5,12H,6-11H2,1H3. The molecule has 8 nitrogen and oxygen atoms in total. The highest BCUT2D eigenvalue weighted by molar-refractivity contribution is 6.19. The Hall–Kier alpha value is -2.74. The van der Waals surface area contributed by atoms with Gasteiger partial charge in [-0.25, -0.2) is 4.79 Å². The minimum Gasteiger partial charge on any atom is -0.449 e. The monoisotopic (exact) mass is 360 g/mol. The quantitative estimate of drug-likeness (QED) is 0.581. The first-order valence-corrected chi connectivity index (χ1v) is 8.51. The van der Waals surface area contributed by atoms with Crippen LogP contribution in [0.25, 0.3) is 0 Å². The van der Waals surface area contributed by atoms with Crippen LogP contribution in [0.4, 0.5) is 5.69 Å². The number of esters is 1. The van der Waals surface area contributed by atoms with Gasteiger partial charge in [-0.05, 0) is 31.2 Å². The number of morpholine rings is 1. The first-order chi connectivity index (χ1) is 12.5. The average Bonchev–Trinajstić information content (AvgIpc) is 3.00. The Morgan fingerprint density at radius 3 is 2.19 bits per heavy atom. The molecule has 26 heavy (non-hydrogen) atoms. The van der Waals surface area contributed by atoms with Gasteiger partial charge in [-0.2, -0.15) is 0 Å². The predicted octanol–water partition coefficient (Wildman–Crippen LogP) is 0.744. The number of carbonyl (C=O) groups excluding carboxylic acids is 4. The fourth-order valence-electron chi connectivity index (χ4n) is 2.93. The second-order valence-electron chi connectivity index (χ2n) is 6.15. The van der Waals surface area contributed by atoms with E-state index in [2.05, 4.69) is 0 Å². The van der Waals surface area contributed by atoms with Crippen LogP contribution in [0.15, 0.2) is 24.3 Å². The Morgan fingerprint density at radius 2 is 1.62 bits per heavy atom. The molecule has 3 amide bonds. The average molecular weight is 360 g/mol. The van der Waals surface area contributed by atoms with Crippen molar-refractivity contribution in [3.05, 3.63) is 29.8 Å². The van der Waals surface area contributed by atoms with E-state index >= 15 is 0 Å². The first-order valence-electron chi connectivity index (χ1n) is 8.51. The van der Waals surface area contributed by atoms with Crippen LogP contribution in [0, 0.1) is 0 Å². The van der Waals surface area contributed by atoms with Crippen LogP contribution < -0.4 is 4.90 Å². The highest BCUT2D eigenvalue weighted by Gasteiger charge is 2.30. The third-order valence-corrected chi connectivity index (χ3v) is 4.37. The Kier molecular flexibility index (Phi) is 5.32. The molecule has 2 heterocycles. The summed E-state index contributed by atoms with van der Waals surface area (Å²) in [5.74, 6) is -1.40. The van der Waals surface area contributed by atoms with Crippen LogP contribution in [0.3, 0.4) is 0 Å². The van der Waals surface area contributed by atoms with Crippen molar-refractivity contribution in [1.82, 2.24) is 4.90 Å². The van der Waals surface area contributed by atoms with E-state index in [4.69, 9.17) is 9.47 Å². The number of ether oxygens (including phenoxy) is 2. The molecule has 8 heteroatoms. The lowest BCUT2D eigenvalue weighted by molar-refractivity contribution is -0.143. The van der Waals surface area contributed by atoms with Gasteiger partial charge >= 0.3 is 5.97 Å². The molecule has 0 aromatic heterocycles. The number of benzene rings is 1. The van der Waals surface area contributed by atoms with Gasteiger partial charge < -0.3 is 14.4 Å². The van der Waals surface area contributed by atoms with Gasteiger partial charge in [0.15, 0.2) is 6.10 Å². The van der Waals surface area contributed by atoms with Crippen molar-refractivity contribution in [2.24, 2.45) is 0 Å². The van der Waals surface area contributed by atoms with Gasteiger partial charge in [-0.1, -0.05) is 0 Å². The number of anilines is 1. The summed E-state index contributed by atoms with van der Waals surface area (Å²) in [6.07, 6.45) is -0.504. The minimum atomic E-state index is -0.901. The van der Waals surface area contributed by atoms with Gasteiger partial charge in [0, 0.05) is 25.9 Å². The molecule has 0 radical (unpaired) electrons. The van der Waals surface area contributed by atoms with Crippen molar-refractivity contribution in [3.8, 4) is 0 Å². The van der Waals surface area contributed by atoms with Crippen LogP contribution in [0.2, 0.25) is 0 Å². The maximum absolute atomic E-state index is 12.3. The summed E-state index contributed by atoms with van der Waals surface area (Å²) in [6, 6.07) is 5.99. The van der Waals surface area contributed by atoms with E-state index in [1.807, 2.05) is 0 Å². The van der Waals surface area contributed by atoms with Crippen LogP contribution >= 0.6 is 0 Å². The zero-order chi connectivity index (χ0) is 18.7. The molecule has 2 aliphatic rings. The van der Waals surface area contributed by atoms with Crippen molar-refractivity contribution in [2.45, 2.75) is 25.9 Å². The molecule has 2 aliphatic heterocycles. The summed E-state index contributed by atoms with van der Waals surface area (Å²) in [7, 11) is 0. The third-order valence-electron chi connectivity index (χ3n) is 4.37. The lowest BCUT2D eigenvalue weighted by Crippen LogP contribution is -2.46. The van der Waals surface area contributed by atoms with E-state index in [1.54, 1.807) is 4.90 Å². The van der Waals surface area contributed by atoms with Crippen molar-refractivity contribution in [3.63, 3.8) is 0 Å². The molecule has 138 valence electrons. The fraction of sp³-hybridized carbons (Fsp3) is 0.444. The molecule has 3 rings (SSSR count). The second-order valence-corrected chi connectivity index (χ2v) is 6.15. The van der Waals surface area contributed by atoms with E-state index in [1.165, 1.54) is 31.2 Å². The van der Waals surface area contributed by atoms with E-state index in [0.717, 1.165) is 4.90 Å². The Morgan fingerprint density at radius 1 is 1.04 bits per heavy atom. The summed E-state index contributed by atoms with van der Waals surface area (Å²) in [6.45, 7) is 3.44. The number of hydrogen-bond donors (Lipinski definition) is 0. The molecule has 1 aromatic rings. The summed E-state index contributed by atoms with van der Waals surface area (Å²) < 4.78 is 10.4. The Labute approximate surface area is 150 Å². The molecular weight excluding hydrogens is 340 g/mol. The fourth-order valence-corrected chi connectivity index (χ4v) is 2.93. The molecule has 1 unspecified atom stereocenters. The van der Waals surface area contributed by atoms with Crippen LogP contribution in [0.1, 0.15) is 30.1 Å². The Balaban J connectivity index is 1.61. The molecule has 1 atom stereocenters. The zero-order valence-corrected chi connectivity index (χ0v) is 14.5. The SMILES string of the molecule is CC(OC(=O)c1ccc(N2C(=O)CCC2=O)cc1)C(=O)N1CCOCC1. The summed E-state index contributed by atoms with van der Waals surface area (Å²) in [5, 5.41) is 0. The summed E-state index contributed by atoms with van der Waals surface area (Å²) >= 11 is 0. The smallest absolute Gasteiger partial charge is 0.338 e. The third kappa shape index (κ3) is 3.75. The number of rotatable bonds is 4. The van der Waals surface area contributed by atoms with Gasteiger partial charge in [0.2, 0.25) is 11.8 Å². The molecular formula is C18H20N2O6. The molecule has 2 fully saturated rings. The molecule has 1 aromatic carbocycles. The number of imide groups is 1. The molecule has 2 saturated heterocycles. The molecule has 0 saturated carbocycles. The van der Waals surface area contributed by atoms with E-state index in [-0.39, 0.29) is 36.1 Å². The maximum atomic E-state index is 12.3. The lowest BCUT2D eigenvalue weighted by atomic mass is 10.2. The van der Waals surface area contributed by atoms with E-state index in [0.29, 0.717) is 32.0 Å². The van der Waals surface area contributed by atoms with Crippen molar-refractivity contribution in [1.29, 1.82) is 0 Å². The van der Waals surface area contributed by atoms with Crippen LogP contribution in [-0.4, -0.2) is 61.0 Å². The predicted molar refractivity (Wildman–Crippen MR) is 90.4 cm³/mol. The van der Waals surface area contributed by atoms with Crippen LogP contribution in [0.5, 0.6) is 0 Å². The highest BCUT2D eigenvalue weighted by atomic mass is 16.5. The van der Waals surface area contributed by atoms with Crippen molar-refractivity contribution in [2.75, 3.05) is 31.2 Å². The van der Waals surface area contributed by atoms with Crippen molar-refractivity contribution >= 4 is 29.4 Å². The van der Waals surface area contributed by atoms with Gasteiger partial charge in [-0.3, -0.25) is 19.3 Å². The molecule has 0 spiro atoms. The van der Waals surface area contributed by atoms with Crippen molar-refractivity contribution < 1.29 is 28.7 Å². The lowest BCUT2D eigenvalue weighted by Gasteiger charge is -2.28. The largest absolute Gasteiger partial charge is 0.449 e. The summed E-state index contributed by atoms with van der Waals surface area (Å²) in [4.78, 5) is 50.7. The van der Waals surface area contributed by atoms with Gasteiger partial charge in [0.05, 0.1) is 24.5 Å². The van der Waals surface area contributed by atoms with Gasteiger partial charge in [0.1, 0.15) is 0 Å². The summed E-state index contributed by atoms with van der Waals surface area (Å²) in [5.41, 5.74) is 0.668.